The second-order valence-corrected chi connectivity index (χ2v) is 5.57. The Kier molecular flexibility index (Phi) is 3.91. The van der Waals surface area contributed by atoms with Crippen LogP contribution >= 0.6 is 0 Å². The van der Waals surface area contributed by atoms with Crippen molar-refractivity contribution in [2.75, 3.05) is 11.9 Å². The summed E-state index contributed by atoms with van der Waals surface area (Å²) in [6.07, 6.45) is 2.17. The van der Waals surface area contributed by atoms with Crippen molar-refractivity contribution in [1.82, 2.24) is 5.32 Å². The fraction of sp³-hybridized carbons (Fsp3) is 0.278. The van der Waals surface area contributed by atoms with Crippen LogP contribution in [-0.2, 0) is 13.0 Å². The Morgan fingerprint density at radius 2 is 2.00 bits per heavy atom. The van der Waals surface area contributed by atoms with Crippen molar-refractivity contribution in [1.29, 1.82) is 0 Å². The topological polar surface area (TPSA) is 41.1 Å². The molecular weight excluding hydrogens is 260 g/mol. The molecule has 0 spiro atoms. The van der Waals surface area contributed by atoms with Gasteiger partial charge in [0, 0.05) is 24.3 Å². The van der Waals surface area contributed by atoms with E-state index in [1.165, 1.54) is 11.1 Å². The van der Waals surface area contributed by atoms with Gasteiger partial charge in [0.25, 0.3) is 5.91 Å². The second-order valence-electron chi connectivity index (χ2n) is 5.57. The van der Waals surface area contributed by atoms with Crippen LogP contribution in [0.15, 0.2) is 42.5 Å². The number of nitrogens with one attached hydrogen (secondary N) is 2. The smallest absolute Gasteiger partial charge is 0.251 e. The Hall–Kier alpha value is -2.29. The van der Waals surface area contributed by atoms with Gasteiger partial charge in [-0.05, 0) is 49.1 Å². The van der Waals surface area contributed by atoms with Gasteiger partial charge in [-0.2, -0.15) is 0 Å². The minimum atomic E-state index is -0.0102. The molecule has 1 amide bonds. The van der Waals surface area contributed by atoms with Crippen molar-refractivity contribution in [2.24, 2.45) is 0 Å². The summed E-state index contributed by atoms with van der Waals surface area (Å²) in [7, 11) is 0. The van der Waals surface area contributed by atoms with Gasteiger partial charge >= 0.3 is 0 Å². The highest BCUT2D eigenvalue weighted by Gasteiger charge is 2.12. The molecule has 21 heavy (non-hydrogen) atoms. The predicted octanol–water partition coefficient (Wildman–Crippen LogP) is 3.28. The molecule has 1 aliphatic rings. The minimum Gasteiger partial charge on any atom is -0.385 e. The molecule has 0 aromatic heterocycles. The van der Waals surface area contributed by atoms with Gasteiger partial charge in [-0.1, -0.05) is 29.8 Å². The van der Waals surface area contributed by atoms with Crippen LogP contribution in [0.1, 0.15) is 33.5 Å². The van der Waals surface area contributed by atoms with Crippen molar-refractivity contribution in [3.63, 3.8) is 0 Å². The van der Waals surface area contributed by atoms with Gasteiger partial charge in [-0.3, -0.25) is 4.79 Å². The van der Waals surface area contributed by atoms with Crippen molar-refractivity contribution in [3.8, 4) is 0 Å². The molecule has 3 rings (SSSR count). The zero-order valence-corrected chi connectivity index (χ0v) is 12.3. The lowest BCUT2D eigenvalue weighted by Gasteiger charge is -2.18. The number of carbonyl (C=O) groups is 1. The number of rotatable bonds is 3. The third kappa shape index (κ3) is 3.24. The molecule has 2 N–H and O–H groups in total. The maximum absolute atomic E-state index is 12.2. The van der Waals surface area contributed by atoms with Crippen LogP contribution in [0.3, 0.4) is 0 Å². The summed E-state index contributed by atoms with van der Waals surface area (Å²) in [5.74, 6) is -0.0102. The Labute approximate surface area is 125 Å². The Balaban J connectivity index is 1.66. The highest BCUT2D eigenvalue weighted by molar-refractivity contribution is 5.94. The molecule has 3 heteroatoms. The molecule has 0 atom stereocenters. The molecular formula is C18H20N2O. The largest absolute Gasteiger partial charge is 0.385 e. The zero-order chi connectivity index (χ0) is 14.7. The minimum absolute atomic E-state index is 0.0102. The first-order valence-electron chi connectivity index (χ1n) is 7.43. The average molecular weight is 280 g/mol. The van der Waals surface area contributed by atoms with Gasteiger partial charge < -0.3 is 10.6 Å². The standard InChI is InChI=1S/C18H20N2O/c1-13-4-6-14(7-5-13)12-20-18(21)16-8-9-17-15(11-16)3-2-10-19-17/h4-9,11,19H,2-3,10,12H2,1H3,(H,20,21). The predicted molar refractivity (Wildman–Crippen MR) is 85.6 cm³/mol. The molecule has 2 aromatic carbocycles. The Morgan fingerprint density at radius 3 is 2.81 bits per heavy atom. The fourth-order valence-electron chi connectivity index (χ4n) is 2.61. The van der Waals surface area contributed by atoms with E-state index in [1.54, 1.807) is 0 Å². The Bertz CT molecular complexity index is 647. The lowest BCUT2D eigenvalue weighted by Crippen LogP contribution is -2.23. The van der Waals surface area contributed by atoms with E-state index >= 15 is 0 Å². The van der Waals surface area contributed by atoms with Gasteiger partial charge in [-0.15, -0.1) is 0 Å². The summed E-state index contributed by atoms with van der Waals surface area (Å²) in [4.78, 5) is 12.2. The monoisotopic (exact) mass is 280 g/mol. The van der Waals surface area contributed by atoms with E-state index in [0.717, 1.165) is 36.2 Å². The number of carbonyl (C=O) groups excluding carboxylic acids is 1. The van der Waals surface area contributed by atoms with Crippen LogP contribution in [0.5, 0.6) is 0 Å². The van der Waals surface area contributed by atoms with E-state index in [4.69, 9.17) is 0 Å². The van der Waals surface area contributed by atoms with Crippen molar-refractivity contribution >= 4 is 11.6 Å². The molecule has 0 saturated carbocycles. The fourth-order valence-corrected chi connectivity index (χ4v) is 2.61. The maximum Gasteiger partial charge on any atom is 0.251 e. The molecule has 1 heterocycles. The molecule has 0 aliphatic carbocycles. The van der Waals surface area contributed by atoms with Crippen LogP contribution in [-0.4, -0.2) is 12.5 Å². The molecule has 108 valence electrons. The van der Waals surface area contributed by atoms with Crippen LogP contribution in [0.4, 0.5) is 5.69 Å². The maximum atomic E-state index is 12.2. The quantitative estimate of drug-likeness (QED) is 0.906. The van der Waals surface area contributed by atoms with E-state index in [-0.39, 0.29) is 5.91 Å². The SMILES string of the molecule is Cc1ccc(CNC(=O)c2ccc3c(c2)CCCN3)cc1. The highest BCUT2D eigenvalue weighted by atomic mass is 16.1. The number of hydrogen-bond acceptors (Lipinski definition) is 2. The van der Waals surface area contributed by atoms with E-state index < -0.39 is 0 Å². The summed E-state index contributed by atoms with van der Waals surface area (Å²) in [6, 6.07) is 14.1. The van der Waals surface area contributed by atoms with Gasteiger partial charge in [-0.25, -0.2) is 0 Å². The Morgan fingerprint density at radius 1 is 1.19 bits per heavy atom. The summed E-state index contributed by atoms with van der Waals surface area (Å²) in [6.45, 7) is 3.64. The first kappa shape index (κ1) is 13.7. The lowest BCUT2D eigenvalue weighted by molar-refractivity contribution is 0.0951. The van der Waals surface area contributed by atoms with Gasteiger partial charge in [0.15, 0.2) is 0 Å². The number of hydrogen-bond donors (Lipinski definition) is 2. The normalized spacial score (nSPS) is 13.2. The number of fused-ring (bicyclic) bond motifs is 1. The number of benzene rings is 2. The van der Waals surface area contributed by atoms with E-state index in [9.17, 15) is 4.79 Å². The lowest BCUT2D eigenvalue weighted by atomic mass is 10.0. The molecule has 0 fully saturated rings. The summed E-state index contributed by atoms with van der Waals surface area (Å²) >= 11 is 0. The highest BCUT2D eigenvalue weighted by Crippen LogP contribution is 2.22. The molecule has 0 radical (unpaired) electrons. The van der Waals surface area contributed by atoms with Crippen LogP contribution in [0, 0.1) is 6.92 Å². The van der Waals surface area contributed by atoms with Crippen LogP contribution < -0.4 is 10.6 Å². The van der Waals surface area contributed by atoms with Gasteiger partial charge in [0.05, 0.1) is 0 Å². The number of amides is 1. The second kappa shape index (κ2) is 6.00. The first-order valence-corrected chi connectivity index (χ1v) is 7.43. The summed E-state index contributed by atoms with van der Waals surface area (Å²) < 4.78 is 0. The molecule has 0 bridgehead atoms. The van der Waals surface area contributed by atoms with Crippen LogP contribution in [0.25, 0.3) is 0 Å². The molecule has 1 aliphatic heterocycles. The third-order valence-corrected chi connectivity index (χ3v) is 3.88. The number of anilines is 1. The summed E-state index contributed by atoms with van der Waals surface area (Å²) in [5, 5.41) is 6.34. The van der Waals surface area contributed by atoms with Crippen molar-refractivity contribution in [2.45, 2.75) is 26.3 Å². The first-order chi connectivity index (χ1) is 10.2. The molecule has 3 nitrogen and oxygen atoms in total. The van der Waals surface area contributed by atoms with Gasteiger partial charge in [0.2, 0.25) is 0 Å². The average Bonchev–Trinajstić information content (AvgIpc) is 2.53. The van der Waals surface area contributed by atoms with Crippen molar-refractivity contribution in [3.05, 3.63) is 64.7 Å². The molecule has 0 saturated heterocycles. The van der Waals surface area contributed by atoms with E-state index in [2.05, 4.69) is 29.7 Å². The van der Waals surface area contributed by atoms with E-state index in [0.29, 0.717) is 6.54 Å². The molecule has 2 aromatic rings. The molecule has 0 unspecified atom stereocenters. The van der Waals surface area contributed by atoms with Gasteiger partial charge in [0.1, 0.15) is 0 Å². The van der Waals surface area contributed by atoms with Crippen molar-refractivity contribution < 1.29 is 4.79 Å². The van der Waals surface area contributed by atoms with E-state index in [1.807, 2.05) is 30.3 Å². The number of aryl methyl sites for hydroxylation is 2. The van der Waals surface area contributed by atoms with Crippen LogP contribution in [0.2, 0.25) is 0 Å². The third-order valence-electron chi connectivity index (χ3n) is 3.88. The zero-order valence-electron chi connectivity index (χ0n) is 12.3. The summed E-state index contributed by atoms with van der Waals surface area (Å²) in [5.41, 5.74) is 5.49.